The van der Waals surface area contributed by atoms with E-state index in [1.165, 1.54) is 12.1 Å². The summed E-state index contributed by atoms with van der Waals surface area (Å²) in [6, 6.07) is 4.64. The Labute approximate surface area is 117 Å². The highest BCUT2D eigenvalue weighted by molar-refractivity contribution is 6.06. The largest absolute Gasteiger partial charge is 0.508 e. The van der Waals surface area contributed by atoms with Gasteiger partial charge in [-0.2, -0.15) is 0 Å². The second-order valence-electron chi connectivity index (χ2n) is 4.52. The van der Waals surface area contributed by atoms with Gasteiger partial charge in [-0.1, -0.05) is 0 Å². The highest BCUT2D eigenvalue weighted by Crippen LogP contribution is 2.30. The monoisotopic (exact) mass is 275 g/mol. The maximum absolute atomic E-state index is 12.1. The number of furan rings is 1. The fourth-order valence-corrected chi connectivity index (χ4v) is 1.85. The van der Waals surface area contributed by atoms with Crippen LogP contribution in [0.15, 0.2) is 28.8 Å². The molecule has 1 N–H and O–H groups in total. The second kappa shape index (κ2) is 5.69. The third-order valence-electron chi connectivity index (χ3n) is 2.70. The van der Waals surface area contributed by atoms with Crippen LogP contribution in [0.3, 0.4) is 0 Å². The Morgan fingerprint density at radius 3 is 2.85 bits per heavy atom. The van der Waals surface area contributed by atoms with Crippen LogP contribution < -0.4 is 0 Å². The van der Waals surface area contributed by atoms with Gasteiger partial charge in [0.1, 0.15) is 22.7 Å². The van der Waals surface area contributed by atoms with E-state index in [0.29, 0.717) is 22.3 Å². The number of aromatic hydroxyl groups is 1. The zero-order valence-corrected chi connectivity index (χ0v) is 11.7. The van der Waals surface area contributed by atoms with Crippen molar-refractivity contribution in [3.8, 4) is 5.75 Å². The third kappa shape index (κ3) is 2.77. The van der Waals surface area contributed by atoms with E-state index >= 15 is 0 Å². The first-order valence-corrected chi connectivity index (χ1v) is 6.30. The molecule has 1 aromatic heterocycles. The molecule has 20 heavy (non-hydrogen) atoms. The second-order valence-corrected chi connectivity index (χ2v) is 4.52. The van der Waals surface area contributed by atoms with E-state index in [0.717, 1.165) is 0 Å². The van der Waals surface area contributed by atoms with E-state index in [1.807, 2.05) is 19.0 Å². The van der Waals surface area contributed by atoms with Crippen molar-refractivity contribution in [3.05, 3.63) is 35.7 Å². The molecule has 0 aliphatic rings. The van der Waals surface area contributed by atoms with Crippen molar-refractivity contribution in [2.24, 2.45) is 0 Å². The predicted octanol–water partition coefficient (Wildman–Crippen LogP) is 2.85. The Balaban J connectivity index is 2.60. The number of carbonyl (C=O) groups is 1. The molecule has 0 bridgehead atoms. The van der Waals surface area contributed by atoms with Crippen molar-refractivity contribution in [2.45, 2.75) is 6.92 Å². The van der Waals surface area contributed by atoms with E-state index < -0.39 is 5.97 Å². The molecule has 106 valence electrons. The molecule has 5 nitrogen and oxygen atoms in total. The number of esters is 1. The lowest BCUT2D eigenvalue weighted by Crippen LogP contribution is -2.06. The standard InChI is InChI=1S/C15H17NO4/c1-4-19-15(18)14-11-9-10(17)5-6-12(11)20-13(14)7-8-16(2)3/h5-9,17H,4H2,1-3H3. The maximum Gasteiger partial charge on any atom is 0.342 e. The Kier molecular flexibility index (Phi) is 3.98. The molecule has 0 spiro atoms. The average Bonchev–Trinajstić information content (AvgIpc) is 2.74. The van der Waals surface area contributed by atoms with Gasteiger partial charge in [0.2, 0.25) is 0 Å². The van der Waals surface area contributed by atoms with Gasteiger partial charge in [0.05, 0.1) is 6.61 Å². The molecule has 0 aliphatic carbocycles. The van der Waals surface area contributed by atoms with Crippen molar-refractivity contribution >= 4 is 23.0 Å². The van der Waals surface area contributed by atoms with E-state index in [-0.39, 0.29) is 12.4 Å². The SMILES string of the molecule is CCOC(=O)c1c(C=CN(C)C)oc2ccc(O)cc12. The van der Waals surface area contributed by atoms with Gasteiger partial charge in [0, 0.05) is 25.7 Å². The summed E-state index contributed by atoms with van der Waals surface area (Å²) >= 11 is 0. The predicted molar refractivity (Wildman–Crippen MR) is 76.6 cm³/mol. The number of benzene rings is 1. The zero-order chi connectivity index (χ0) is 14.7. The number of phenolic OH excluding ortho intramolecular Hbond substituents is 1. The quantitative estimate of drug-likeness (QED) is 0.869. The number of nitrogens with zero attached hydrogens (tertiary/aromatic N) is 1. The van der Waals surface area contributed by atoms with E-state index in [4.69, 9.17) is 9.15 Å². The number of rotatable bonds is 4. The third-order valence-corrected chi connectivity index (χ3v) is 2.70. The summed E-state index contributed by atoms with van der Waals surface area (Å²) in [5, 5.41) is 10.1. The number of fused-ring (bicyclic) bond motifs is 1. The van der Waals surface area contributed by atoms with Crippen molar-refractivity contribution in [2.75, 3.05) is 20.7 Å². The Bertz CT molecular complexity index is 655. The van der Waals surface area contributed by atoms with Crippen LogP contribution in [0.5, 0.6) is 5.75 Å². The molecular formula is C15H17NO4. The number of carbonyl (C=O) groups excluding carboxylic acids is 1. The molecule has 0 saturated carbocycles. The van der Waals surface area contributed by atoms with Crippen LogP contribution in [-0.2, 0) is 4.74 Å². The summed E-state index contributed by atoms with van der Waals surface area (Å²) in [5.41, 5.74) is 0.861. The summed E-state index contributed by atoms with van der Waals surface area (Å²) in [7, 11) is 3.74. The molecule has 0 fully saturated rings. The van der Waals surface area contributed by atoms with Gasteiger partial charge in [-0.05, 0) is 31.2 Å². The van der Waals surface area contributed by atoms with Gasteiger partial charge < -0.3 is 19.2 Å². The lowest BCUT2D eigenvalue weighted by Gasteiger charge is -2.03. The summed E-state index contributed by atoms with van der Waals surface area (Å²) in [4.78, 5) is 13.9. The summed E-state index contributed by atoms with van der Waals surface area (Å²) in [6.45, 7) is 2.02. The lowest BCUT2D eigenvalue weighted by molar-refractivity contribution is 0.0527. The molecular weight excluding hydrogens is 258 g/mol. The fourth-order valence-electron chi connectivity index (χ4n) is 1.85. The van der Waals surface area contributed by atoms with Crippen LogP contribution in [0.2, 0.25) is 0 Å². The van der Waals surface area contributed by atoms with E-state index in [2.05, 4.69) is 0 Å². The van der Waals surface area contributed by atoms with Crippen LogP contribution in [0.25, 0.3) is 17.0 Å². The average molecular weight is 275 g/mol. The van der Waals surface area contributed by atoms with Gasteiger partial charge in [-0.15, -0.1) is 0 Å². The molecule has 5 heteroatoms. The van der Waals surface area contributed by atoms with Crippen LogP contribution in [0.1, 0.15) is 23.0 Å². The zero-order valence-electron chi connectivity index (χ0n) is 11.7. The Morgan fingerprint density at radius 2 is 2.20 bits per heavy atom. The van der Waals surface area contributed by atoms with E-state index in [9.17, 15) is 9.90 Å². The molecule has 0 radical (unpaired) electrons. The minimum Gasteiger partial charge on any atom is -0.508 e. The summed E-state index contributed by atoms with van der Waals surface area (Å²) in [5.74, 6) is 0.0278. The summed E-state index contributed by atoms with van der Waals surface area (Å²) < 4.78 is 10.7. The Morgan fingerprint density at radius 1 is 1.45 bits per heavy atom. The molecule has 0 atom stereocenters. The highest BCUT2D eigenvalue weighted by Gasteiger charge is 2.20. The Hall–Kier alpha value is -2.43. The minimum absolute atomic E-state index is 0.0759. The smallest absolute Gasteiger partial charge is 0.342 e. The number of ether oxygens (including phenoxy) is 1. The molecule has 0 saturated heterocycles. The van der Waals surface area contributed by atoms with Crippen LogP contribution in [-0.4, -0.2) is 36.7 Å². The van der Waals surface area contributed by atoms with Crippen molar-refractivity contribution < 1.29 is 19.1 Å². The normalized spacial score (nSPS) is 11.2. The minimum atomic E-state index is -0.463. The molecule has 0 aliphatic heterocycles. The van der Waals surface area contributed by atoms with Crippen molar-refractivity contribution in [1.82, 2.24) is 4.90 Å². The number of hydrogen-bond acceptors (Lipinski definition) is 5. The summed E-state index contributed by atoms with van der Waals surface area (Å²) in [6.07, 6.45) is 3.48. The molecule has 2 rings (SSSR count). The van der Waals surface area contributed by atoms with Gasteiger partial charge in [0.15, 0.2) is 0 Å². The van der Waals surface area contributed by atoms with Crippen LogP contribution in [0, 0.1) is 0 Å². The lowest BCUT2D eigenvalue weighted by atomic mass is 10.1. The van der Waals surface area contributed by atoms with Crippen LogP contribution in [0.4, 0.5) is 0 Å². The molecule has 1 heterocycles. The van der Waals surface area contributed by atoms with Crippen molar-refractivity contribution in [3.63, 3.8) is 0 Å². The van der Waals surface area contributed by atoms with Gasteiger partial charge in [-0.25, -0.2) is 4.79 Å². The maximum atomic E-state index is 12.1. The molecule has 1 aromatic carbocycles. The van der Waals surface area contributed by atoms with Gasteiger partial charge in [-0.3, -0.25) is 0 Å². The van der Waals surface area contributed by atoms with E-state index in [1.54, 1.807) is 25.3 Å². The number of phenols is 1. The van der Waals surface area contributed by atoms with Gasteiger partial charge in [0.25, 0.3) is 0 Å². The topological polar surface area (TPSA) is 62.9 Å². The molecule has 2 aromatic rings. The van der Waals surface area contributed by atoms with Crippen molar-refractivity contribution in [1.29, 1.82) is 0 Å². The molecule has 0 unspecified atom stereocenters. The first kappa shape index (κ1) is 14.0. The highest BCUT2D eigenvalue weighted by atomic mass is 16.5. The van der Waals surface area contributed by atoms with Gasteiger partial charge >= 0.3 is 5.97 Å². The first-order chi connectivity index (χ1) is 9.52. The fraction of sp³-hybridized carbons (Fsp3) is 0.267. The molecule has 0 amide bonds. The van der Waals surface area contributed by atoms with Crippen LogP contribution >= 0.6 is 0 Å². The first-order valence-electron chi connectivity index (χ1n) is 6.30. The number of hydrogen-bond donors (Lipinski definition) is 1.